The van der Waals surface area contributed by atoms with Crippen molar-refractivity contribution in [3.8, 4) is 0 Å². The van der Waals surface area contributed by atoms with Gasteiger partial charge in [-0.2, -0.15) is 0 Å². The van der Waals surface area contributed by atoms with Crippen molar-refractivity contribution in [3.05, 3.63) is 35.9 Å². The first-order chi connectivity index (χ1) is 9.52. The second kappa shape index (κ2) is 6.19. The Morgan fingerprint density at radius 3 is 2.70 bits per heavy atom. The van der Waals surface area contributed by atoms with E-state index in [1.54, 1.807) is 6.92 Å². The third-order valence-corrected chi connectivity index (χ3v) is 4.44. The summed E-state index contributed by atoms with van der Waals surface area (Å²) in [5.74, 6) is 0.889. The molecule has 0 amide bonds. The summed E-state index contributed by atoms with van der Waals surface area (Å²) >= 11 is 0. The van der Waals surface area contributed by atoms with E-state index in [1.807, 2.05) is 31.2 Å². The largest absolute Gasteiger partial charge is 0.369 e. The Labute approximate surface area is 119 Å². The molecule has 1 aromatic heterocycles. The lowest BCUT2D eigenvalue weighted by molar-refractivity contribution is 0.584. The fourth-order valence-electron chi connectivity index (χ4n) is 1.89. The Kier molecular flexibility index (Phi) is 4.57. The number of hydrogen-bond donors (Lipinski definition) is 2. The number of nitrogens with one attached hydrogen (secondary N) is 2. The first-order valence-corrected chi connectivity index (χ1v) is 8.24. The number of sulfonamides is 1. The first-order valence-electron chi connectivity index (χ1n) is 6.59. The molecule has 0 fully saturated rings. The van der Waals surface area contributed by atoms with Gasteiger partial charge in [-0.05, 0) is 31.5 Å². The molecule has 6 heteroatoms. The van der Waals surface area contributed by atoms with Gasteiger partial charge in [-0.1, -0.05) is 18.2 Å². The van der Waals surface area contributed by atoms with Gasteiger partial charge in [0.2, 0.25) is 10.0 Å². The topological polar surface area (TPSA) is 71.1 Å². The summed E-state index contributed by atoms with van der Waals surface area (Å²) in [5, 5.41) is 4.26. The Bertz CT molecular complexity index is 699. The molecule has 0 radical (unpaired) electrons. The van der Waals surface area contributed by atoms with Crippen LogP contribution in [0.3, 0.4) is 0 Å². The highest BCUT2D eigenvalue weighted by Crippen LogP contribution is 2.19. The highest BCUT2D eigenvalue weighted by atomic mass is 32.2. The fourth-order valence-corrected chi connectivity index (χ4v) is 2.51. The summed E-state index contributed by atoms with van der Waals surface area (Å²) in [7, 11) is -3.13. The lowest BCUT2D eigenvalue weighted by atomic mass is 10.1. The van der Waals surface area contributed by atoms with Crippen LogP contribution in [0.15, 0.2) is 30.3 Å². The van der Waals surface area contributed by atoms with Crippen molar-refractivity contribution in [1.29, 1.82) is 0 Å². The van der Waals surface area contributed by atoms with Gasteiger partial charge in [-0.15, -0.1) is 0 Å². The van der Waals surface area contributed by atoms with Gasteiger partial charge in [0, 0.05) is 18.5 Å². The summed E-state index contributed by atoms with van der Waals surface area (Å²) < 4.78 is 25.1. The molecule has 108 valence electrons. The minimum Gasteiger partial charge on any atom is -0.369 e. The maximum Gasteiger partial charge on any atom is 0.211 e. The minimum atomic E-state index is -3.13. The van der Waals surface area contributed by atoms with Crippen molar-refractivity contribution in [1.82, 2.24) is 9.71 Å². The van der Waals surface area contributed by atoms with E-state index in [0.717, 1.165) is 22.3 Å². The number of aryl methyl sites for hydroxylation is 1. The number of hydrogen-bond acceptors (Lipinski definition) is 4. The van der Waals surface area contributed by atoms with Crippen LogP contribution >= 0.6 is 0 Å². The molecule has 0 atom stereocenters. The van der Waals surface area contributed by atoms with E-state index in [4.69, 9.17) is 0 Å². The maximum atomic E-state index is 11.3. The van der Waals surface area contributed by atoms with Gasteiger partial charge in [0.05, 0.1) is 11.3 Å². The second-order valence-electron chi connectivity index (χ2n) is 4.57. The molecule has 0 aliphatic rings. The predicted molar refractivity (Wildman–Crippen MR) is 82.4 cm³/mol. The van der Waals surface area contributed by atoms with Crippen molar-refractivity contribution >= 4 is 26.7 Å². The van der Waals surface area contributed by atoms with Crippen molar-refractivity contribution in [2.75, 3.05) is 24.2 Å². The van der Waals surface area contributed by atoms with Crippen molar-refractivity contribution in [2.24, 2.45) is 0 Å². The van der Waals surface area contributed by atoms with Crippen LogP contribution in [0.25, 0.3) is 10.9 Å². The molecular weight excluding hydrogens is 274 g/mol. The molecule has 1 aromatic carbocycles. The monoisotopic (exact) mass is 293 g/mol. The molecule has 0 aliphatic carbocycles. The van der Waals surface area contributed by atoms with Crippen LogP contribution in [0.4, 0.5) is 5.82 Å². The number of aromatic nitrogens is 1. The van der Waals surface area contributed by atoms with Gasteiger partial charge in [0.25, 0.3) is 0 Å². The number of para-hydroxylation sites is 1. The molecule has 0 saturated heterocycles. The van der Waals surface area contributed by atoms with E-state index >= 15 is 0 Å². The Balaban J connectivity index is 2.01. The van der Waals surface area contributed by atoms with Crippen LogP contribution in [0.1, 0.15) is 12.5 Å². The summed E-state index contributed by atoms with van der Waals surface area (Å²) in [6.45, 7) is 4.46. The maximum absolute atomic E-state index is 11.3. The lowest BCUT2D eigenvalue weighted by Gasteiger charge is -2.10. The minimum absolute atomic E-state index is 0.0975. The third-order valence-electron chi connectivity index (χ3n) is 3.03. The molecule has 0 spiro atoms. The van der Waals surface area contributed by atoms with Crippen LogP contribution in [0.2, 0.25) is 0 Å². The van der Waals surface area contributed by atoms with Crippen molar-refractivity contribution < 1.29 is 8.42 Å². The van der Waals surface area contributed by atoms with Gasteiger partial charge in [0.15, 0.2) is 0 Å². The normalized spacial score (nSPS) is 11.7. The number of rotatable bonds is 6. The van der Waals surface area contributed by atoms with E-state index in [2.05, 4.69) is 21.1 Å². The molecule has 2 aromatic rings. The predicted octanol–water partition coefficient (Wildman–Crippen LogP) is 1.89. The van der Waals surface area contributed by atoms with Gasteiger partial charge >= 0.3 is 0 Å². The molecule has 2 rings (SSSR count). The first kappa shape index (κ1) is 14.7. The molecule has 2 N–H and O–H groups in total. The molecule has 20 heavy (non-hydrogen) atoms. The molecule has 0 bridgehead atoms. The number of fused-ring (bicyclic) bond motifs is 1. The van der Waals surface area contributed by atoms with Crippen molar-refractivity contribution in [3.63, 3.8) is 0 Å². The van der Waals surface area contributed by atoms with E-state index in [9.17, 15) is 8.42 Å². The quantitative estimate of drug-likeness (QED) is 0.798. The number of nitrogens with zero attached hydrogens (tertiary/aromatic N) is 1. The average molecular weight is 293 g/mol. The molecule has 0 aliphatic heterocycles. The van der Waals surface area contributed by atoms with E-state index in [1.165, 1.54) is 0 Å². The van der Waals surface area contributed by atoms with E-state index in [-0.39, 0.29) is 5.75 Å². The third kappa shape index (κ3) is 3.68. The zero-order valence-electron chi connectivity index (χ0n) is 11.7. The second-order valence-corrected chi connectivity index (χ2v) is 6.67. The highest BCUT2D eigenvalue weighted by molar-refractivity contribution is 7.89. The number of pyridine rings is 1. The Morgan fingerprint density at radius 2 is 1.95 bits per heavy atom. The van der Waals surface area contributed by atoms with Crippen LogP contribution in [-0.4, -0.2) is 32.2 Å². The summed E-state index contributed by atoms with van der Waals surface area (Å²) in [5.41, 5.74) is 1.97. The zero-order chi connectivity index (χ0) is 14.6. The molecule has 0 saturated carbocycles. The SMILES string of the molecule is CCS(=O)(=O)NCCNc1nc2ccccc2cc1C. The van der Waals surface area contributed by atoms with Gasteiger partial charge < -0.3 is 5.32 Å². The van der Waals surface area contributed by atoms with Crippen LogP contribution in [0.5, 0.6) is 0 Å². The molecular formula is C14H19N3O2S. The van der Waals surface area contributed by atoms with Crippen LogP contribution in [-0.2, 0) is 10.0 Å². The molecule has 0 unspecified atom stereocenters. The number of benzene rings is 1. The summed E-state index contributed by atoms with van der Waals surface area (Å²) in [6, 6.07) is 9.98. The van der Waals surface area contributed by atoms with Crippen LogP contribution in [0, 0.1) is 6.92 Å². The van der Waals surface area contributed by atoms with E-state index in [0.29, 0.717) is 13.1 Å². The van der Waals surface area contributed by atoms with Gasteiger partial charge in [0.1, 0.15) is 5.82 Å². The average Bonchev–Trinajstić information content (AvgIpc) is 2.44. The molecule has 1 heterocycles. The fraction of sp³-hybridized carbons (Fsp3) is 0.357. The van der Waals surface area contributed by atoms with E-state index < -0.39 is 10.0 Å². The lowest BCUT2D eigenvalue weighted by Crippen LogP contribution is -2.30. The van der Waals surface area contributed by atoms with Crippen LogP contribution < -0.4 is 10.0 Å². The van der Waals surface area contributed by atoms with Gasteiger partial charge in [-0.3, -0.25) is 0 Å². The number of anilines is 1. The highest BCUT2D eigenvalue weighted by Gasteiger charge is 2.06. The molecule has 5 nitrogen and oxygen atoms in total. The van der Waals surface area contributed by atoms with Crippen molar-refractivity contribution in [2.45, 2.75) is 13.8 Å². The summed E-state index contributed by atoms with van der Waals surface area (Å²) in [6.07, 6.45) is 0. The standard InChI is InChI=1S/C14H19N3O2S/c1-3-20(18,19)16-9-8-15-14-11(2)10-12-6-4-5-7-13(12)17-14/h4-7,10,16H,3,8-9H2,1-2H3,(H,15,17). The Hall–Kier alpha value is -1.66. The Morgan fingerprint density at radius 1 is 1.20 bits per heavy atom. The smallest absolute Gasteiger partial charge is 0.211 e. The zero-order valence-corrected chi connectivity index (χ0v) is 12.5. The summed E-state index contributed by atoms with van der Waals surface area (Å²) in [4.78, 5) is 4.54. The van der Waals surface area contributed by atoms with Gasteiger partial charge in [-0.25, -0.2) is 18.1 Å².